The van der Waals surface area contributed by atoms with Crippen LogP contribution in [-0.2, 0) is 9.59 Å². The van der Waals surface area contributed by atoms with Crippen LogP contribution in [0.4, 0.5) is 0 Å². The topological polar surface area (TPSA) is 54.4 Å². The molecule has 0 unspecified atom stereocenters. The van der Waals surface area contributed by atoms with Crippen LogP contribution in [0.2, 0.25) is 0 Å². The Labute approximate surface area is 136 Å². The molecule has 0 saturated carbocycles. The van der Waals surface area contributed by atoms with Gasteiger partial charge in [0.25, 0.3) is 0 Å². The van der Waals surface area contributed by atoms with Crippen LogP contribution in [0.15, 0.2) is 0 Å². The van der Waals surface area contributed by atoms with Gasteiger partial charge in [-0.2, -0.15) is 0 Å². The fourth-order valence-corrected chi connectivity index (χ4v) is 2.04. The molecule has 0 radical (unpaired) electrons. The normalized spacial score (nSPS) is 9.68. The van der Waals surface area contributed by atoms with Crippen LogP contribution in [0.25, 0.3) is 0 Å². The molecule has 1 N–H and O–H groups in total. The van der Waals surface area contributed by atoms with Gasteiger partial charge in [-0.1, -0.05) is 6.92 Å². The van der Waals surface area contributed by atoms with E-state index in [4.69, 9.17) is 5.11 Å². The Hall–Kier alpha value is 0.140. The monoisotopic (exact) mass is 280 g/mol. The fourth-order valence-electron chi connectivity index (χ4n) is 1.68. The molecule has 0 aromatic carbocycles. The number of carbonyl (C=O) groups excluding carboxylic acids is 1. The number of hydrogen-bond donors (Lipinski definition) is 1. The Bertz CT molecular complexity index is 217. The average Bonchev–Trinajstić information content (AvgIpc) is 2.37. The van der Waals surface area contributed by atoms with Crippen LogP contribution < -0.4 is 0 Å². The van der Waals surface area contributed by atoms with Crippen molar-refractivity contribution in [3.8, 4) is 0 Å². The Balaban J connectivity index is 0. The zero-order chi connectivity index (χ0) is 14.9. The summed E-state index contributed by atoms with van der Waals surface area (Å²) in [5.41, 5.74) is 0. The maximum absolute atomic E-state index is 10.7. The molecule has 0 aromatic rings. The van der Waals surface area contributed by atoms with Gasteiger partial charge in [0.2, 0.25) is 0 Å². The van der Waals surface area contributed by atoms with Gasteiger partial charge in [-0.05, 0) is 0 Å². The molecule has 0 spiro atoms. The van der Waals surface area contributed by atoms with Crippen LogP contribution >= 0.6 is 0 Å². The first kappa shape index (κ1) is 21.4. The van der Waals surface area contributed by atoms with Crippen molar-refractivity contribution in [2.24, 2.45) is 0 Å². The fraction of sp³-hybridized carbons (Fsp3) is 0.867. The van der Waals surface area contributed by atoms with Gasteiger partial charge >= 0.3 is 113 Å². The van der Waals surface area contributed by atoms with Crippen molar-refractivity contribution in [2.45, 2.75) is 84.5 Å². The van der Waals surface area contributed by atoms with Gasteiger partial charge in [-0.3, -0.25) is 4.79 Å². The van der Waals surface area contributed by atoms with E-state index in [1.807, 2.05) is 0 Å². The molecule has 4 heteroatoms. The summed E-state index contributed by atoms with van der Waals surface area (Å²) in [6.07, 6.45) is 13.1. The third-order valence-electron chi connectivity index (χ3n) is 2.93. The molecule has 0 aromatic heterocycles. The summed E-state index contributed by atoms with van der Waals surface area (Å²) in [6.45, 7) is 3.85. The summed E-state index contributed by atoms with van der Waals surface area (Å²) >= 11 is 0.751. The number of carbonyl (C=O) groups is 2. The number of rotatable bonds is 11. The molecular weight excluding hydrogens is 251 g/mol. The van der Waals surface area contributed by atoms with Crippen molar-refractivity contribution in [3.63, 3.8) is 0 Å². The first-order chi connectivity index (χ1) is 9.04. The molecule has 0 atom stereocenters. The molecule has 0 fully saturated rings. The number of unbranched alkanes of at least 4 members (excludes halogenated alkanes) is 8. The first-order valence-corrected chi connectivity index (χ1v) is 8.75. The molecule has 0 heterocycles. The SMILES string of the molecule is CCC(=O)O.CCCCCCCCCCC[C](=O)[Na]. The molecule has 0 aliphatic heterocycles. The third kappa shape index (κ3) is 27.4. The molecule has 0 amide bonds. The zero-order valence-electron chi connectivity index (χ0n) is 13.0. The van der Waals surface area contributed by atoms with E-state index < -0.39 is 5.97 Å². The van der Waals surface area contributed by atoms with E-state index in [0.29, 0.717) is 3.03 Å². The maximum atomic E-state index is 10.7. The van der Waals surface area contributed by atoms with Gasteiger partial charge in [0, 0.05) is 6.42 Å². The van der Waals surface area contributed by atoms with Crippen molar-refractivity contribution in [2.75, 3.05) is 0 Å². The summed E-state index contributed by atoms with van der Waals surface area (Å²) in [6, 6.07) is 0. The van der Waals surface area contributed by atoms with Crippen molar-refractivity contribution in [3.05, 3.63) is 0 Å². The predicted octanol–water partition coefficient (Wildman–Crippen LogP) is 4.08. The second-order valence-electron chi connectivity index (χ2n) is 5.03. The van der Waals surface area contributed by atoms with Gasteiger partial charge in [-0.15, -0.1) is 0 Å². The molecule has 108 valence electrons. The summed E-state index contributed by atoms with van der Waals surface area (Å²) in [5, 5.41) is 7.72. The second-order valence-corrected chi connectivity index (χ2v) is 6.14. The van der Waals surface area contributed by atoms with Gasteiger partial charge in [0.05, 0.1) is 0 Å². The molecule has 0 aliphatic rings. The van der Waals surface area contributed by atoms with Crippen LogP contribution in [-0.4, -0.2) is 42.0 Å². The number of hydrogen-bond acceptors (Lipinski definition) is 2. The first-order valence-electron chi connectivity index (χ1n) is 7.75. The second kappa shape index (κ2) is 18.1. The Morgan fingerprint density at radius 3 is 1.53 bits per heavy atom. The van der Waals surface area contributed by atoms with Crippen LogP contribution in [0, 0.1) is 0 Å². The molecule has 0 bridgehead atoms. The molecule has 0 aliphatic carbocycles. The van der Waals surface area contributed by atoms with E-state index >= 15 is 0 Å². The molecular formula is C15H29NaO3. The van der Waals surface area contributed by atoms with Crippen LogP contribution in [0.3, 0.4) is 0 Å². The van der Waals surface area contributed by atoms with Crippen molar-refractivity contribution in [1.29, 1.82) is 0 Å². The third-order valence-corrected chi connectivity index (χ3v) is 3.43. The van der Waals surface area contributed by atoms with E-state index in [9.17, 15) is 9.59 Å². The number of carboxylic acid groups (broad SMARTS) is 1. The van der Waals surface area contributed by atoms with Crippen LogP contribution in [0.5, 0.6) is 0 Å². The Morgan fingerprint density at radius 2 is 1.21 bits per heavy atom. The van der Waals surface area contributed by atoms with Gasteiger partial charge in [-0.25, -0.2) is 0 Å². The van der Waals surface area contributed by atoms with Gasteiger partial charge in [0.1, 0.15) is 0 Å². The average molecular weight is 280 g/mol. The zero-order valence-corrected chi connectivity index (χ0v) is 15.0. The quantitative estimate of drug-likeness (QED) is 0.458. The number of aliphatic carboxylic acids is 1. The minimum atomic E-state index is -0.745. The molecule has 0 saturated heterocycles. The minimum absolute atomic E-state index is 0.222. The van der Waals surface area contributed by atoms with Crippen molar-refractivity contribution < 1.29 is 14.7 Å². The van der Waals surface area contributed by atoms with E-state index in [-0.39, 0.29) is 6.42 Å². The van der Waals surface area contributed by atoms with E-state index in [2.05, 4.69) is 6.92 Å². The van der Waals surface area contributed by atoms with Crippen molar-refractivity contribution in [1.82, 2.24) is 0 Å². The summed E-state index contributed by atoms with van der Waals surface area (Å²) in [7, 11) is 0. The standard InChI is InChI=1S/C12H23O.C3H6O2.Na/c1-2-3-4-5-6-7-8-9-10-11-12-13;1-2-3(4)5;/h2-11H2,1H3;2H2,1H3,(H,4,5);. The van der Waals surface area contributed by atoms with E-state index in [1.165, 1.54) is 51.4 Å². The van der Waals surface area contributed by atoms with E-state index in [0.717, 1.165) is 40.8 Å². The van der Waals surface area contributed by atoms with Crippen LogP contribution in [0.1, 0.15) is 84.5 Å². The number of carboxylic acids is 1. The summed E-state index contributed by atoms with van der Waals surface area (Å²) in [4.78, 5) is 20.1. The van der Waals surface area contributed by atoms with Crippen molar-refractivity contribution >= 4 is 36.9 Å². The summed E-state index contributed by atoms with van der Waals surface area (Å²) < 4.78 is 0.480. The molecule has 19 heavy (non-hydrogen) atoms. The predicted molar refractivity (Wildman–Crippen MR) is 80.5 cm³/mol. The van der Waals surface area contributed by atoms with Gasteiger partial charge < -0.3 is 5.11 Å². The Morgan fingerprint density at radius 1 is 0.842 bits per heavy atom. The van der Waals surface area contributed by atoms with Gasteiger partial charge in [0.15, 0.2) is 0 Å². The molecule has 3 nitrogen and oxygen atoms in total. The molecule has 0 rings (SSSR count). The Kier molecular flexibility index (Phi) is 20.5. The van der Waals surface area contributed by atoms with E-state index in [1.54, 1.807) is 6.92 Å². The summed E-state index contributed by atoms with van der Waals surface area (Å²) in [5.74, 6) is -0.745.